The van der Waals surface area contributed by atoms with Gasteiger partial charge in [-0.05, 0) is 71.2 Å². The van der Waals surface area contributed by atoms with Crippen LogP contribution in [0.4, 0.5) is 0 Å². The standard InChI is InChI=1S/C38H64N2O10/c1-9-30(46-8)27(4)34-35(50-34)36(39-18-11-19-40-20-22-47-23-21-40)38(7,45)16-10-12-25(2)33-26(3)13-14-31(48-28(5)41)37(6,44)17-15-29(42)24-32(43)49-33/h10,12-14,16,26-27,29-31,33-36,39,42,44-45H,9,11,15,17-24H2,1-8H3/t26-,27+,29+,30-,31-,33?,34+,35-,36?,37+,38?/m0/s1. The summed E-state index contributed by atoms with van der Waals surface area (Å²) in [4.78, 5) is 27.1. The monoisotopic (exact) mass is 708 g/mol. The van der Waals surface area contributed by atoms with Crippen LogP contribution in [0.3, 0.4) is 0 Å². The zero-order valence-electron chi connectivity index (χ0n) is 31.5. The molecule has 4 N–H and O–H groups in total. The van der Waals surface area contributed by atoms with Crippen LogP contribution in [0.2, 0.25) is 0 Å². The molecule has 0 aliphatic carbocycles. The average Bonchev–Trinajstić information content (AvgIpc) is 3.85. The van der Waals surface area contributed by atoms with Gasteiger partial charge in [-0.25, -0.2) is 0 Å². The van der Waals surface area contributed by atoms with Crippen LogP contribution in [0, 0.1) is 11.8 Å². The molecule has 0 aromatic carbocycles. The Hall–Kier alpha value is -2.16. The van der Waals surface area contributed by atoms with E-state index in [0.717, 1.165) is 45.7 Å². The molecule has 0 aromatic heterocycles. The quantitative estimate of drug-likeness (QED) is 0.0649. The minimum absolute atomic E-state index is 0.0518. The highest BCUT2D eigenvalue weighted by molar-refractivity contribution is 5.70. The highest BCUT2D eigenvalue weighted by Crippen LogP contribution is 2.39. The number of nitrogens with one attached hydrogen (secondary N) is 1. The number of cyclic esters (lactones) is 1. The lowest BCUT2D eigenvalue weighted by molar-refractivity contribution is -0.157. The Labute approximate surface area is 299 Å². The molecule has 0 saturated carbocycles. The van der Waals surface area contributed by atoms with Crippen LogP contribution in [-0.2, 0) is 33.3 Å². The van der Waals surface area contributed by atoms with Crippen molar-refractivity contribution in [2.45, 2.75) is 134 Å². The normalized spacial score (nSPS) is 33.4. The molecule has 12 nitrogen and oxygen atoms in total. The summed E-state index contributed by atoms with van der Waals surface area (Å²) < 4.78 is 28.7. The van der Waals surface area contributed by atoms with Crippen LogP contribution in [0.1, 0.15) is 80.6 Å². The predicted molar refractivity (Wildman–Crippen MR) is 190 cm³/mol. The lowest BCUT2D eigenvalue weighted by Crippen LogP contribution is -2.53. The van der Waals surface area contributed by atoms with E-state index in [1.165, 1.54) is 6.92 Å². The van der Waals surface area contributed by atoms with E-state index in [4.69, 9.17) is 23.7 Å². The van der Waals surface area contributed by atoms with E-state index >= 15 is 0 Å². The fraction of sp³-hybridized carbons (Fsp3) is 0.789. The number of morpholine rings is 1. The van der Waals surface area contributed by atoms with Gasteiger partial charge in [-0.1, -0.05) is 45.1 Å². The van der Waals surface area contributed by atoms with Crippen molar-refractivity contribution >= 4 is 11.9 Å². The van der Waals surface area contributed by atoms with Gasteiger partial charge in [0.1, 0.15) is 23.9 Å². The van der Waals surface area contributed by atoms with Crippen LogP contribution in [0.5, 0.6) is 0 Å². The molecule has 0 amide bonds. The average molecular weight is 709 g/mol. The summed E-state index contributed by atoms with van der Waals surface area (Å²) >= 11 is 0. The Morgan fingerprint density at radius 2 is 1.94 bits per heavy atom. The second-order valence-electron chi connectivity index (χ2n) is 14.8. The molecule has 0 radical (unpaired) electrons. The Balaban J connectivity index is 1.80. The van der Waals surface area contributed by atoms with Crippen LogP contribution < -0.4 is 5.32 Å². The van der Waals surface area contributed by atoms with Crippen LogP contribution in [0.25, 0.3) is 0 Å². The molecule has 12 heteroatoms. The summed E-state index contributed by atoms with van der Waals surface area (Å²) in [7, 11) is 1.72. The number of nitrogens with zero attached hydrogens (tertiary/aromatic N) is 1. The first kappa shape index (κ1) is 42.3. The number of esters is 2. The highest BCUT2D eigenvalue weighted by Gasteiger charge is 2.54. The van der Waals surface area contributed by atoms with E-state index in [0.29, 0.717) is 12.1 Å². The number of methoxy groups -OCH3 is 1. The number of carbonyl (C=O) groups excluding carboxylic acids is 2. The zero-order valence-corrected chi connectivity index (χ0v) is 31.5. The molecule has 3 rings (SSSR count). The van der Waals surface area contributed by atoms with Gasteiger partial charge in [0.05, 0.1) is 49.6 Å². The minimum atomic E-state index is -1.45. The van der Waals surface area contributed by atoms with Gasteiger partial charge in [0.2, 0.25) is 0 Å². The van der Waals surface area contributed by atoms with Crippen LogP contribution >= 0.6 is 0 Å². The van der Waals surface area contributed by atoms with Crippen LogP contribution in [0.15, 0.2) is 36.0 Å². The fourth-order valence-corrected chi connectivity index (χ4v) is 7.06. The fourth-order valence-electron chi connectivity index (χ4n) is 7.06. The Morgan fingerprint density at radius 1 is 1.24 bits per heavy atom. The van der Waals surface area contributed by atoms with E-state index in [1.54, 1.807) is 51.3 Å². The maximum absolute atomic E-state index is 12.9. The van der Waals surface area contributed by atoms with Gasteiger partial charge in [-0.2, -0.15) is 0 Å². The maximum atomic E-state index is 12.9. The summed E-state index contributed by atoms with van der Waals surface area (Å²) in [5, 5.41) is 37.1. The SMILES string of the molecule is CC[C@H](OC)[C@@H](C)[C@H]1O[C@@H]1C(NCCCN1CCOCC1)C(C)(O)C=CC=C(C)C1OC(=O)C[C@H](O)CC[C@@](C)(O)[C@@H](OC(C)=O)C=C[C@@H]1C. The van der Waals surface area contributed by atoms with Crippen molar-refractivity contribution in [1.82, 2.24) is 10.2 Å². The van der Waals surface area contributed by atoms with Crippen molar-refractivity contribution in [3.63, 3.8) is 0 Å². The second kappa shape index (κ2) is 19.6. The molecule has 286 valence electrons. The van der Waals surface area contributed by atoms with E-state index < -0.39 is 41.5 Å². The van der Waals surface area contributed by atoms with Crippen molar-refractivity contribution in [2.24, 2.45) is 11.8 Å². The van der Waals surface area contributed by atoms with Crippen molar-refractivity contribution < 1.29 is 48.6 Å². The number of epoxide rings is 1. The van der Waals surface area contributed by atoms with Crippen LogP contribution in [-0.4, -0.2) is 133 Å². The minimum Gasteiger partial charge on any atom is -0.457 e. The van der Waals surface area contributed by atoms with Gasteiger partial charge in [-0.3, -0.25) is 14.5 Å². The smallest absolute Gasteiger partial charge is 0.309 e. The number of rotatable bonds is 15. The van der Waals surface area contributed by atoms with E-state index in [2.05, 4.69) is 24.1 Å². The Bertz CT molecular complexity index is 1160. The van der Waals surface area contributed by atoms with Gasteiger partial charge < -0.3 is 44.3 Å². The molecule has 0 aromatic rings. The molecule has 0 bridgehead atoms. The molecule has 0 spiro atoms. The molecular weight excluding hydrogens is 644 g/mol. The van der Waals surface area contributed by atoms with Gasteiger partial charge in [0.15, 0.2) is 0 Å². The molecule has 3 aliphatic rings. The third-order valence-corrected chi connectivity index (χ3v) is 10.3. The lowest BCUT2D eigenvalue weighted by Gasteiger charge is -2.32. The summed E-state index contributed by atoms with van der Waals surface area (Å²) in [5.41, 5.74) is -2.03. The molecule has 50 heavy (non-hydrogen) atoms. The molecule has 3 aliphatic heterocycles. The second-order valence-corrected chi connectivity index (χ2v) is 14.8. The molecule has 3 heterocycles. The Morgan fingerprint density at radius 3 is 2.58 bits per heavy atom. The number of hydrogen-bond donors (Lipinski definition) is 4. The van der Waals surface area contributed by atoms with Crippen molar-refractivity contribution in [1.29, 1.82) is 0 Å². The number of aliphatic hydroxyl groups is 3. The summed E-state index contributed by atoms with van der Waals surface area (Å²) in [6, 6.07) is -0.382. The Kier molecular flexibility index (Phi) is 16.6. The predicted octanol–water partition coefficient (Wildman–Crippen LogP) is 3.08. The largest absolute Gasteiger partial charge is 0.457 e. The molecule has 3 unspecified atom stereocenters. The molecule has 2 fully saturated rings. The van der Waals surface area contributed by atoms with Crippen molar-refractivity contribution in [3.8, 4) is 0 Å². The number of carbonyl (C=O) groups is 2. The van der Waals surface area contributed by atoms with Gasteiger partial charge in [0.25, 0.3) is 0 Å². The van der Waals surface area contributed by atoms with E-state index in [-0.39, 0.29) is 55.5 Å². The van der Waals surface area contributed by atoms with E-state index in [9.17, 15) is 24.9 Å². The third kappa shape index (κ3) is 12.8. The third-order valence-electron chi connectivity index (χ3n) is 10.3. The summed E-state index contributed by atoms with van der Waals surface area (Å²) in [5.74, 6) is -1.31. The zero-order chi connectivity index (χ0) is 37.1. The first-order valence-electron chi connectivity index (χ1n) is 18.3. The molecule has 11 atom stereocenters. The number of hydrogen-bond acceptors (Lipinski definition) is 12. The summed E-state index contributed by atoms with van der Waals surface area (Å²) in [6.45, 7) is 17.5. The topological polar surface area (TPSA) is 160 Å². The number of allylic oxidation sites excluding steroid dienone is 2. The van der Waals surface area contributed by atoms with E-state index in [1.807, 2.05) is 13.8 Å². The number of ether oxygens (including phenoxy) is 5. The van der Waals surface area contributed by atoms with Gasteiger partial charge >= 0.3 is 11.9 Å². The first-order valence-corrected chi connectivity index (χ1v) is 18.3. The number of aliphatic hydroxyl groups excluding tert-OH is 1. The van der Waals surface area contributed by atoms with Crippen molar-refractivity contribution in [3.05, 3.63) is 36.0 Å². The first-order chi connectivity index (χ1) is 23.6. The molecular formula is C38H64N2O10. The van der Waals surface area contributed by atoms with Crippen molar-refractivity contribution in [2.75, 3.05) is 46.5 Å². The molecule has 2 saturated heterocycles. The summed E-state index contributed by atoms with van der Waals surface area (Å²) in [6.07, 6.45) is 7.59. The van der Waals surface area contributed by atoms with Gasteiger partial charge in [0, 0.05) is 39.0 Å². The lowest BCUT2D eigenvalue weighted by atomic mass is 9.87. The van der Waals surface area contributed by atoms with Gasteiger partial charge in [-0.15, -0.1) is 0 Å². The maximum Gasteiger partial charge on any atom is 0.309 e. The highest BCUT2D eigenvalue weighted by atomic mass is 16.6.